The Hall–Kier alpha value is -1.15. The van der Waals surface area contributed by atoms with Gasteiger partial charge in [-0.3, -0.25) is 0 Å². The average molecular weight is 328 g/mol. The Morgan fingerprint density at radius 3 is 2.71 bits per heavy atom. The van der Waals surface area contributed by atoms with Gasteiger partial charge in [0.05, 0.1) is 6.54 Å². The molecule has 2 aromatic heterocycles. The molecule has 116 valence electrons. The third kappa shape index (κ3) is 4.41. The van der Waals surface area contributed by atoms with Gasteiger partial charge >= 0.3 is 0 Å². The highest BCUT2D eigenvalue weighted by molar-refractivity contribution is 7.89. The number of thiophene rings is 1. The van der Waals surface area contributed by atoms with Gasteiger partial charge < -0.3 is 9.73 Å². The van der Waals surface area contributed by atoms with Crippen molar-refractivity contribution in [2.24, 2.45) is 0 Å². The van der Waals surface area contributed by atoms with Crippen molar-refractivity contribution < 1.29 is 12.8 Å². The van der Waals surface area contributed by atoms with Crippen molar-refractivity contribution in [1.29, 1.82) is 0 Å². The molecular weight excluding hydrogens is 308 g/mol. The molecule has 0 saturated heterocycles. The molecule has 0 saturated carbocycles. The molecule has 2 N–H and O–H groups in total. The fourth-order valence-electron chi connectivity index (χ4n) is 1.83. The number of rotatable bonds is 7. The lowest BCUT2D eigenvalue weighted by atomic mass is 10.3. The summed E-state index contributed by atoms with van der Waals surface area (Å²) in [6.07, 6.45) is 0. The van der Waals surface area contributed by atoms with Crippen LogP contribution >= 0.6 is 11.3 Å². The van der Waals surface area contributed by atoms with Gasteiger partial charge in [0, 0.05) is 18.7 Å². The number of nitrogens with one attached hydrogen (secondary N) is 2. The Bertz CT molecular complexity index is 673. The molecule has 0 aliphatic rings. The van der Waals surface area contributed by atoms with E-state index in [4.69, 9.17) is 4.42 Å². The van der Waals surface area contributed by atoms with Crippen LogP contribution < -0.4 is 10.0 Å². The van der Waals surface area contributed by atoms with Crippen molar-refractivity contribution in [1.82, 2.24) is 10.0 Å². The van der Waals surface area contributed by atoms with Crippen LogP contribution in [0.3, 0.4) is 0 Å². The molecule has 0 bridgehead atoms. The summed E-state index contributed by atoms with van der Waals surface area (Å²) >= 11 is 1.54. The zero-order valence-electron chi connectivity index (χ0n) is 12.3. The Balaban J connectivity index is 2.08. The first kappa shape index (κ1) is 16.2. The summed E-state index contributed by atoms with van der Waals surface area (Å²) in [5, 5.41) is 7.04. The van der Waals surface area contributed by atoms with Gasteiger partial charge in [-0.2, -0.15) is 11.3 Å². The average Bonchev–Trinajstić information content (AvgIpc) is 3.03. The van der Waals surface area contributed by atoms with E-state index >= 15 is 0 Å². The van der Waals surface area contributed by atoms with Crippen LogP contribution in [-0.4, -0.2) is 14.5 Å². The zero-order chi connectivity index (χ0) is 15.5. The van der Waals surface area contributed by atoms with Crippen molar-refractivity contribution in [2.45, 2.75) is 44.8 Å². The Labute approximate surface area is 129 Å². The summed E-state index contributed by atoms with van der Waals surface area (Å²) < 4.78 is 32.7. The summed E-state index contributed by atoms with van der Waals surface area (Å²) in [5.74, 6) is 1.03. The maximum atomic E-state index is 12.3. The highest BCUT2D eigenvalue weighted by Gasteiger charge is 2.21. The molecule has 21 heavy (non-hydrogen) atoms. The maximum Gasteiger partial charge on any atom is 0.244 e. The number of hydrogen-bond acceptors (Lipinski definition) is 5. The van der Waals surface area contributed by atoms with E-state index < -0.39 is 10.0 Å². The van der Waals surface area contributed by atoms with Crippen molar-refractivity contribution in [3.63, 3.8) is 0 Å². The van der Waals surface area contributed by atoms with E-state index in [9.17, 15) is 8.42 Å². The van der Waals surface area contributed by atoms with E-state index in [1.54, 1.807) is 24.3 Å². The van der Waals surface area contributed by atoms with E-state index in [2.05, 4.69) is 10.0 Å². The van der Waals surface area contributed by atoms with E-state index in [0.29, 0.717) is 24.1 Å². The van der Waals surface area contributed by atoms with Crippen molar-refractivity contribution >= 4 is 21.4 Å². The monoisotopic (exact) mass is 328 g/mol. The molecule has 0 unspecified atom stereocenters. The highest BCUT2D eigenvalue weighted by atomic mass is 32.2. The molecule has 0 radical (unpaired) electrons. The maximum absolute atomic E-state index is 12.3. The summed E-state index contributed by atoms with van der Waals surface area (Å²) in [5.41, 5.74) is 0.950. The van der Waals surface area contributed by atoms with Crippen LogP contribution in [0.4, 0.5) is 0 Å². The summed E-state index contributed by atoms with van der Waals surface area (Å²) in [6, 6.07) is 3.79. The van der Waals surface area contributed by atoms with Gasteiger partial charge in [-0.05, 0) is 29.3 Å². The van der Waals surface area contributed by atoms with Crippen LogP contribution in [0.5, 0.6) is 0 Å². The molecule has 2 aromatic rings. The summed E-state index contributed by atoms with van der Waals surface area (Å²) in [7, 11) is -3.55. The SMILES string of the molecule is Cc1oc(CNC(C)C)cc1S(=O)(=O)NCc1ccsc1. The summed E-state index contributed by atoms with van der Waals surface area (Å²) in [4.78, 5) is 0.207. The molecule has 0 aliphatic carbocycles. The standard InChI is InChI=1S/C14H20N2O3S2/c1-10(2)15-8-13-6-14(11(3)19-13)21(17,18)16-7-12-4-5-20-9-12/h4-6,9-10,15-16H,7-8H2,1-3H3. The molecule has 0 atom stereocenters. The van der Waals surface area contributed by atoms with Gasteiger partial charge in [0.15, 0.2) is 0 Å². The predicted octanol–water partition coefficient (Wildman–Crippen LogP) is 2.63. The molecule has 0 amide bonds. The minimum Gasteiger partial charge on any atom is -0.464 e. The van der Waals surface area contributed by atoms with E-state index in [1.807, 2.05) is 30.7 Å². The lowest BCUT2D eigenvalue weighted by Gasteiger charge is -2.04. The minimum atomic E-state index is -3.55. The molecule has 0 aliphatic heterocycles. The van der Waals surface area contributed by atoms with Crippen LogP contribution in [0.2, 0.25) is 0 Å². The van der Waals surface area contributed by atoms with E-state index in [1.165, 1.54) is 0 Å². The number of aryl methyl sites for hydroxylation is 1. The third-order valence-corrected chi connectivity index (χ3v) is 5.18. The molecule has 2 heterocycles. The molecular formula is C14H20N2O3S2. The highest BCUT2D eigenvalue weighted by Crippen LogP contribution is 2.20. The predicted molar refractivity (Wildman–Crippen MR) is 83.8 cm³/mol. The Morgan fingerprint density at radius 1 is 1.33 bits per heavy atom. The molecule has 0 aromatic carbocycles. The quantitative estimate of drug-likeness (QED) is 0.819. The fraction of sp³-hybridized carbons (Fsp3) is 0.429. The second-order valence-corrected chi connectivity index (χ2v) is 7.64. The first-order chi connectivity index (χ1) is 9.88. The topological polar surface area (TPSA) is 71.3 Å². The largest absolute Gasteiger partial charge is 0.464 e. The molecule has 0 fully saturated rings. The van der Waals surface area contributed by atoms with Crippen molar-refractivity contribution in [2.75, 3.05) is 0 Å². The van der Waals surface area contributed by atoms with E-state index in [0.717, 1.165) is 5.56 Å². The van der Waals surface area contributed by atoms with Gasteiger partial charge in [0.1, 0.15) is 16.4 Å². The number of sulfonamides is 1. The first-order valence-electron chi connectivity index (χ1n) is 6.72. The van der Waals surface area contributed by atoms with E-state index in [-0.39, 0.29) is 11.4 Å². The van der Waals surface area contributed by atoms with Crippen LogP contribution in [0.15, 0.2) is 32.2 Å². The van der Waals surface area contributed by atoms with Crippen LogP contribution in [-0.2, 0) is 23.1 Å². The Kier molecular flexibility index (Phi) is 5.21. The van der Waals surface area contributed by atoms with Gasteiger partial charge in [-0.1, -0.05) is 13.8 Å². The van der Waals surface area contributed by atoms with Gasteiger partial charge in [0.25, 0.3) is 0 Å². The second kappa shape index (κ2) is 6.74. The van der Waals surface area contributed by atoms with Crippen LogP contribution in [0.1, 0.15) is 30.9 Å². The zero-order valence-corrected chi connectivity index (χ0v) is 14.0. The molecule has 0 spiro atoms. The normalized spacial score (nSPS) is 12.2. The Morgan fingerprint density at radius 2 is 2.10 bits per heavy atom. The molecule has 7 heteroatoms. The first-order valence-corrected chi connectivity index (χ1v) is 9.14. The fourth-order valence-corrected chi connectivity index (χ4v) is 3.72. The van der Waals surface area contributed by atoms with Crippen molar-refractivity contribution in [3.8, 4) is 0 Å². The smallest absolute Gasteiger partial charge is 0.244 e. The third-order valence-electron chi connectivity index (χ3n) is 2.94. The molecule has 5 nitrogen and oxygen atoms in total. The van der Waals surface area contributed by atoms with Gasteiger partial charge in [-0.15, -0.1) is 0 Å². The lowest BCUT2D eigenvalue weighted by Crippen LogP contribution is -2.23. The van der Waals surface area contributed by atoms with Crippen LogP contribution in [0.25, 0.3) is 0 Å². The van der Waals surface area contributed by atoms with Crippen molar-refractivity contribution in [3.05, 3.63) is 40.0 Å². The van der Waals surface area contributed by atoms with Crippen LogP contribution in [0, 0.1) is 6.92 Å². The lowest BCUT2D eigenvalue weighted by molar-refractivity contribution is 0.444. The minimum absolute atomic E-state index is 0.207. The molecule has 2 rings (SSSR count). The van der Waals surface area contributed by atoms with Gasteiger partial charge in [-0.25, -0.2) is 13.1 Å². The second-order valence-electron chi connectivity index (χ2n) is 5.12. The summed E-state index contributed by atoms with van der Waals surface area (Å²) in [6.45, 7) is 6.51. The number of hydrogen-bond donors (Lipinski definition) is 2. The number of furan rings is 1. The van der Waals surface area contributed by atoms with Gasteiger partial charge in [0.2, 0.25) is 10.0 Å².